The summed E-state index contributed by atoms with van der Waals surface area (Å²) >= 11 is 0. The fourth-order valence-corrected chi connectivity index (χ4v) is 1.87. The summed E-state index contributed by atoms with van der Waals surface area (Å²) in [5.74, 6) is -1.29. The lowest BCUT2D eigenvalue weighted by Crippen LogP contribution is -2.33. The molecule has 0 aliphatic carbocycles. The summed E-state index contributed by atoms with van der Waals surface area (Å²) in [5.41, 5.74) is 2.47. The van der Waals surface area contributed by atoms with E-state index in [4.69, 9.17) is 5.11 Å². The first-order valence-corrected chi connectivity index (χ1v) is 5.86. The highest BCUT2D eigenvalue weighted by Crippen LogP contribution is 2.10. The van der Waals surface area contributed by atoms with Gasteiger partial charge in [-0.15, -0.1) is 0 Å². The molecule has 1 N–H and O–H groups in total. The predicted molar refractivity (Wildman–Crippen MR) is 68.9 cm³/mol. The zero-order chi connectivity index (χ0) is 14.0. The number of nitrogens with zero attached hydrogens (tertiary/aromatic N) is 3. The highest BCUT2D eigenvalue weighted by molar-refractivity contribution is 5.82. The van der Waals surface area contributed by atoms with Gasteiger partial charge in [-0.3, -0.25) is 9.59 Å². The van der Waals surface area contributed by atoms with Crippen LogP contribution in [-0.4, -0.2) is 44.9 Å². The minimum atomic E-state index is -1.03. The molecule has 100 valence electrons. The van der Waals surface area contributed by atoms with Gasteiger partial charge in [0.05, 0.1) is 12.1 Å². The molecule has 0 aliphatic rings. The standard InChI is InChI=1S/C13H15N3O3/c1-9-4-3-5-16-7-10(14-13(9)16)6-11(17)15(2)8-12(18)19/h3-5,7H,6,8H2,1-2H3,(H,18,19). The second kappa shape index (κ2) is 5.09. The van der Waals surface area contributed by atoms with Crippen molar-refractivity contribution in [3.8, 4) is 0 Å². The molecule has 0 aromatic carbocycles. The first-order valence-electron chi connectivity index (χ1n) is 5.86. The Kier molecular flexibility index (Phi) is 3.50. The van der Waals surface area contributed by atoms with E-state index in [1.54, 1.807) is 6.20 Å². The molecule has 2 aromatic heterocycles. The average molecular weight is 261 g/mol. The molecule has 0 unspecified atom stereocenters. The third kappa shape index (κ3) is 2.90. The molecule has 0 aliphatic heterocycles. The lowest BCUT2D eigenvalue weighted by molar-refractivity contribution is -0.143. The molecule has 0 bridgehead atoms. The predicted octanol–water partition coefficient (Wildman–Crippen LogP) is 0.728. The van der Waals surface area contributed by atoms with E-state index in [1.165, 1.54) is 11.9 Å². The van der Waals surface area contributed by atoms with Crippen LogP contribution >= 0.6 is 0 Å². The van der Waals surface area contributed by atoms with Gasteiger partial charge in [-0.2, -0.15) is 0 Å². The van der Waals surface area contributed by atoms with Crippen LogP contribution in [0.3, 0.4) is 0 Å². The average Bonchev–Trinajstić information content (AvgIpc) is 2.72. The number of carbonyl (C=O) groups excluding carboxylic acids is 1. The number of likely N-dealkylation sites (N-methyl/N-ethyl adjacent to an activating group) is 1. The summed E-state index contributed by atoms with van der Waals surface area (Å²) in [6.07, 6.45) is 3.75. The Balaban J connectivity index is 2.15. The number of amides is 1. The number of aliphatic carboxylic acids is 1. The Morgan fingerprint density at radius 2 is 2.21 bits per heavy atom. The summed E-state index contributed by atoms with van der Waals surface area (Å²) in [5, 5.41) is 8.64. The van der Waals surface area contributed by atoms with Crippen LogP contribution in [0.2, 0.25) is 0 Å². The number of rotatable bonds is 4. The summed E-state index contributed by atoms with van der Waals surface area (Å²) in [7, 11) is 1.47. The number of pyridine rings is 1. The number of carbonyl (C=O) groups is 2. The molecular weight excluding hydrogens is 246 g/mol. The van der Waals surface area contributed by atoms with Crippen LogP contribution < -0.4 is 0 Å². The number of hydrogen-bond donors (Lipinski definition) is 1. The van der Waals surface area contributed by atoms with Gasteiger partial charge in [0.1, 0.15) is 12.2 Å². The van der Waals surface area contributed by atoms with Gasteiger partial charge in [0, 0.05) is 19.4 Å². The van der Waals surface area contributed by atoms with Crippen molar-refractivity contribution in [3.63, 3.8) is 0 Å². The SMILES string of the molecule is Cc1cccn2cc(CC(=O)N(C)CC(=O)O)nc12. The van der Waals surface area contributed by atoms with Crippen molar-refractivity contribution < 1.29 is 14.7 Å². The molecule has 1 amide bonds. The number of aryl methyl sites for hydroxylation is 1. The molecule has 0 atom stereocenters. The van der Waals surface area contributed by atoms with Crippen molar-refractivity contribution in [1.82, 2.24) is 14.3 Å². The van der Waals surface area contributed by atoms with E-state index in [0.29, 0.717) is 5.69 Å². The molecule has 19 heavy (non-hydrogen) atoms. The van der Waals surface area contributed by atoms with Crippen molar-refractivity contribution in [2.75, 3.05) is 13.6 Å². The fourth-order valence-electron chi connectivity index (χ4n) is 1.87. The van der Waals surface area contributed by atoms with E-state index in [1.807, 2.05) is 29.7 Å². The van der Waals surface area contributed by atoms with Gasteiger partial charge in [-0.1, -0.05) is 6.07 Å². The van der Waals surface area contributed by atoms with Crippen LogP contribution in [0.25, 0.3) is 5.65 Å². The molecule has 0 fully saturated rings. The number of fused-ring (bicyclic) bond motifs is 1. The summed E-state index contributed by atoms with van der Waals surface area (Å²) in [6, 6.07) is 3.86. The van der Waals surface area contributed by atoms with Gasteiger partial charge in [-0.25, -0.2) is 4.98 Å². The number of aromatic nitrogens is 2. The topological polar surface area (TPSA) is 74.9 Å². The van der Waals surface area contributed by atoms with Crippen LogP contribution in [0.15, 0.2) is 24.5 Å². The van der Waals surface area contributed by atoms with Crippen LogP contribution in [0.5, 0.6) is 0 Å². The van der Waals surface area contributed by atoms with Crippen LogP contribution in [0, 0.1) is 6.92 Å². The number of hydrogen-bond acceptors (Lipinski definition) is 3. The largest absolute Gasteiger partial charge is 0.480 e. The Bertz CT molecular complexity index is 633. The zero-order valence-corrected chi connectivity index (χ0v) is 10.8. The molecule has 0 spiro atoms. The Hall–Kier alpha value is -2.37. The number of carboxylic acids is 1. The van der Waals surface area contributed by atoms with Gasteiger partial charge >= 0.3 is 5.97 Å². The van der Waals surface area contributed by atoms with Crippen molar-refractivity contribution >= 4 is 17.5 Å². The molecule has 0 saturated carbocycles. The normalized spacial score (nSPS) is 10.6. The highest BCUT2D eigenvalue weighted by atomic mass is 16.4. The Labute approximate surface area is 110 Å². The van der Waals surface area contributed by atoms with E-state index in [-0.39, 0.29) is 18.9 Å². The van der Waals surface area contributed by atoms with Crippen LogP contribution in [0.1, 0.15) is 11.3 Å². The lowest BCUT2D eigenvalue weighted by Gasteiger charge is -2.13. The molecule has 2 rings (SSSR count). The van der Waals surface area contributed by atoms with Gasteiger partial charge in [0.2, 0.25) is 5.91 Å². The van der Waals surface area contributed by atoms with Crippen molar-refractivity contribution in [2.45, 2.75) is 13.3 Å². The maximum absolute atomic E-state index is 11.8. The maximum atomic E-state index is 11.8. The quantitative estimate of drug-likeness (QED) is 0.880. The first kappa shape index (κ1) is 13.1. The summed E-state index contributed by atoms with van der Waals surface area (Å²) < 4.78 is 1.86. The molecular formula is C13H15N3O3. The third-order valence-corrected chi connectivity index (χ3v) is 2.86. The fraction of sp³-hybridized carbons (Fsp3) is 0.308. The smallest absolute Gasteiger partial charge is 0.323 e. The van der Waals surface area contributed by atoms with Crippen molar-refractivity contribution in [3.05, 3.63) is 35.8 Å². The number of carboxylic acid groups (broad SMARTS) is 1. The van der Waals surface area contributed by atoms with Gasteiger partial charge in [0.15, 0.2) is 0 Å². The minimum Gasteiger partial charge on any atom is -0.480 e. The minimum absolute atomic E-state index is 0.102. The van der Waals surface area contributed by atoms with E-state index in [0.717, 1.165) is 11.2 Å². The second-order valence-electron chi connectivity index (χ2n) is 4.47. The van der Waals surface area contributed by atoms with Gasteiger partial charge in [0.25, 0.3) is 0 Å². The zero-order valence-electron chi connectivity index (χ0n) is 10.8. The molecule has 0 saturated heterocycles. The molecule has 0 radical (unpaired) electrons. The molecule has 6 heteroatoms. The molecule has 6 nitrogen and oxygen atoms in total. The van der Waals surface area contributed by atoms with E-state index in [2.05, 4.69) is 4.98 Å². The van der Waals surface area contributed by atoms with Crippen LogP contribution in [0.4, 0.5) is 0 Å². The Morgan fingerprint density at radius 1 is 1.47 bits per heavy atom. The molecule has 2 aromatic rings. The monoisotopic (exact) mass is 261 g/mol. The van der Waals surface area contributed by atoms with E-state index < -0.39 is 5.97 Å². The Morgan fingerprint density at radius 3 is 2.84 bits per heavy atom. The highest BCUT2D eigenvalue weighted by Gasteiger charge is 2.14. The van der Waals surface area contributed by atoms with Crippen molar-refractivity contribution in [2.24, 2.45) is 0 Å². The van der Waals surface area contributed by atoms with Gasteiger partial charge < -0.3 is 14.4 Å². The van der Waals surface area contributed by atoms with E-state index >= 15 is 0 Å². The van der Waals surface area contributed by atoms with E-state index in [9.17, 15) is 9.59 Å². The second-order valence-corrected chi connectivity index (χ2v) is 4.47. The first-order chi connectivity index (χ1) is 8.97. The molecule has 2 heterocycles. The number of imidazole rings is 1. The summed E-state index contributed by atoms with van der Waals surface area (Å²) in [6.45, 7) is 1.65. The maximum Gasteiger partial charge on any atom is 0.323 e. The lowest BCUT2D eigenvalue weighted by atomic mass is 10.3. The van der Waals surface area contributed by atoms with Crippen LogP contribution in [-0.2, 0) is 16.0 Å². The summed E-state index contributed by atoms with van der Waals surface area (Å²) in [4.78, 5) is 27.9. The third-order valence-electron chi connectivity index (χ3n) is 2.86. The van der Waals surface area contributed by atoms with Gasteiger partial charge in [-0.05, 0) is 18.6 Å². The van der Waals surface area contributed by atoms with Crippen molar-refractivity contribution in [1.29, 1.82) is 0 Å².